The molecule has 5 aromatic carbocycles. The average molecular weight is 514 g/mol. The lowest BCUT2D eigenvalue weighted by Crippen LogP contribution is -2.30. The monoisotopic (exact) mass is 513 g/mol. The van der Waals surface area contributed by atoms with Gasteiger partial charge in [0.25, 0.3) is 5.91 Å². The number of hydrogen-bond acceptors (Lipinski definition) is 3. The van der Waals surface area contributed by atoms with Crippen LogP contribution in [-0.2, 0) is 19.7 Å². The summed E-state index contributed by atoms with van der Waals surface area (Å²) in [6.07, 6.45) is 0. The van der Waals surface area contributed by atoms with Crippen LogP contribution in [0.15, 0.2) is 133 Å². The Morgan fingerprint density at radius 3 is 1.74 bits per heavy atom. The van der Waals surface area contributed by atoms with Gasteiger partial charge >= 0.3 is 0 Å². The van der Waals surface area contributed by atoms with Gasteiger partial charge in [-0.1, -0.05) is 103 Å². The molecular weight excluding hydrogens is 482 g/mol. The van der Waals surface area contributed by atoms with Gasteiger partial charge in [0, 0.05) is 24.2 Å². The predicted octanol–water partition coefficient (Wildman–Crippen LogP) is 7.78. The molecule has 0 aliphatic heterocycles. The Bertz CT molecular complexity index is 1440. The second-order valence-electron chi connectivity index (χ2n) is 9.34. The summed E-state index contributed by atoms with van der Waals surface area (Å²) in [6.45, 7) is 1.31. The van der Waals surface area contributed by atoms with Crippen LogP contribution in [0.4, 0.5) is 0 Å². The van der Waals surface area contributed by atoms with E-state index in [1.807, 2.05) is 126 Å². The summed E-state index contributed by atoms with van der Waals surface area (Å²) in [7, 11) is 1.63. The number of ether oxygens (including phenoxy) is 2. The van der Waals surface area contributed by atoms with E-state index in [2.05, 4.69) is 12.1 Å². The zero-order valence-electron chi connectivity index (χ0n) is 22.0. The van der Waals surface area contributed by atoms with Gasteiger partial charge in [-0.25, -0.2) is 0 Å². The van der Waals surface area contributed by atoms with Crippen LogP contribution in [0.3, 0.4) is 0 Å². The highest BCUT2D eigenvalue weighted by Crippen LogP contribution is 2.26. The second-order valence-corrected chi connectivity index (χ2v) is 9.34. The van der Waals surface area contributed by atoms with Crippen molar-refractivity contribution in [1.82, 2.24) is 4.90 Å². The van der Waals surface area contributed by atoms with Crippen LogP contribution in [0.1, 0.15) is 27.0 Å². The van der Waals surface area contributed by atoms with Gasteiger partial charge in [-0.2, -0.15) is 0 Å². The molecule has 0 fully saturated rings. The molecule has 4 heteroatoms. The molecule has 0 spiro atoms. The Labute approximate surface area is 230 Å². The first-order valence-electron chi connectivity index (χ1n) is 13.0. The highest BCUT2D eigenvalue weighted by Gasteiger charge is 2.19. The van der Waals surface area contributed by atoms with Gasteiger partial charge in [0.2, 0.25) is 0 Å². The number of rotatable bonds is 10. The molecule has 0 radical (unpaired) electrons. The molecule has 0 bridgehead atoms. The van der Waals surface area contributed by atoms with Crippen molar-refractivity contribution in [2.45, 2.75) is 19.7 Å². The molecule has 5 aromatic rings. The van der Waals surface area contributed by atoms with Gasteiger partial charge in [0.1, 0.15) is 18.1 Å². The van der Waals surface area contributed by atoms with Crippen molar-refractivity contribution in [3.05, 3.63) is 156 Å². The normalized spacial score (nSPS) is 10.6. The maximum atomic E-state index is 13.8. The summed E-state index contributed by atoms with van der Waals surface area (Å²) in [5.41, 5.74) is 5.86. The van der Waals surface area contributed by atoms with Crippen molar-refractivity contribution in [1.29, 1.82) is 0 Å². The molecule has 0 saturated heterocycles. The van der Waals surface area contributed by atoms with Crippen molar-refractivity contribution in [2.24, 2.45) is 0 Å². The lowest BCUT2D eigenvalue weighted by atomic mass is 10.1. The van der Waals surface area contributed by atoms with Crippen molar-refractivity contribution in [3.63, 3.8) is 0 Å². The summed E-state index contributed by atoms with van der Waals surface area (Å²) in [5.74, 6) is 1.40. The third-order valence-corrected chi connectivity index (χ3v) is 6.60. The number of methoxy groups -OCH3 is 1. The quantitative estimate of drug-likeness (QED) is 0.191. The van der Waals surface area contributed by atoms with E-state index < -0.39 is 0 Å². The van der Waals surface area contributed by atoms with E-state index in [4.69, 9.17) is 9.47 Å². The Balaban J connectivity index is 1.34. The van der Waals surface area contributed by atoms with E-state index in [1.165, 1.54) is 0 Å². The highest BCUT2D eigenvalue weighted by molar-refractivity contribution is 5.94. The lowest BCUT2D eigenvalue weighted by Gasteiger charge is -2.24. The van der Waals surface area contributed by atoms with Crippen LogP contribution < -0.4 is 9.47 Å². The summed E-state index contributed by atoms with van der Waals surface area (Å²) >= 11 is 0. The van der Waals surface area contributed by atoms with Gasteiger partial charge in [-0.05, 0) is 52.6 Å². The molecule has 0 unspecified atom stereocenters. The first-order chi connectivity index (χ1) is 19.2. The number of carbonyl (C=O) groups is 1. The minimum Gasteiger partial charge on any atom is -0.496 e. The van der Waals surface area contributed by atoms with Crippen molar-refractivity contribution >= 4 is 5.91 Å². The van der Waals surface area contributed by atoms with E-state index >= 15 is 0 Å². The van der Waals surface area contributed by atoms with Gasteiger partial charge < -0.3 is 14.4 Å². The fourth-order valence-corrected chi connectivity index (χ4v) is 4.55. The highest BCUT2D eigenvalue weighted by atomic mass is 16.5. The number of nitrogens with zero attached hydrogens (tertiary/aromatic N) is 1. The van der Waals surface area contributed by atoms with Crippen molar-refractivity contribution < 1.29 is 14.3 Å². The van der Waals surface area contributed by atoms with E-state index in [0.717, 1.165) is 33.6 Å². The molecule has 0 atom stereocenters. The Morgan fingerprint density at radius 2 is 1.18 bits per heavy atom. The lowest BCUT2D eigenvalue weighted by molar-refractivity contribution is 0.0729. The summed E-state index contributed by atoms with van der Waals surface area (Å²) in [6, 6.07) is 43.9. The first-order valence-corrected chi connectivity index (χ1v) is 13.0. The summed E-state index contributed by atoms with van der Waals surface area (Å²) in [4.78, 5) is 15.7. The molecule has 1 amide bonds. The molecule has 194 valence electrons. The molecule has 0 aromatic heterocycles. The molecule has 0 aliphatic carbocycles. The topological polar surface area (TPSA) is 38.8 Å². The van der Waals surface area contributed by atoms with E-state index in [0.29, 0.717) is 24.4 Å². The molecule has 0 aliphatic rings. The maximum absolute atomic E-state index is 13.8. The molecule has 5 rings (SSSR count). The Morgan fingerprint density at radius 1 is 0.641 bits per heavy atom. The fourth-order valence-electron chi connectivity index (χ4n) is 4.55. The standard InChI is InChI=1S/C35H31NO3/c1-38-34-22-19-31(23-32(34)26-39-33-20-17-30(18-21-33)29-15-9-4-10-16-29)35(37)36(24-27-11-5-2-6-12-27)25-28-13-7-3-8-14-28/h2-23H,24-26H2,1H3. The van der Waals surface area contributed by atoms with Crippen LogP contribution in [0.5, 0.6) is 11.5 Å². The van der Waals surface area contributed by atoms with E-state index in [1.54, 1.807) is 7.11 Å². The minimum absolute atomic E-state index is 0.0428. The van der Waals surface area contributed by atoms with Crippen LogP contribution in [0, 0.1) is 0 Å². The second kappa shape index (κ2) is 12.6. The zero-order valence-corrected chi connectivity index (χ0v) is 22.0. The number of hydrogen-bond donors (Lipinski definition) is 0. The van der Waals surface area contributed by atoms with Gasteiger partial charge in [0.15, 0.2) is 0 Å². The Kier molecular flexibility index (Phi) is 8.35. The predicted molar refractivity (Wildman–Crippen MR) is 156 cm³/mol. The first kappa shape index (κ1) is 25.8. The van der Waals surface area contributed by atoms with Gasteiger partial charge in [0.05, 0.1) is 7.11 Å². The van der Waals surface area contributed by atoms with Crippen LogP contribution in [0.2, 0.25) is 0 Å². The van der Waals surface area contributed by atoms with E-state index in [-0.39, 0.29) is 12.5 Å². The third kappa shape index (κ3) is 6.74. The zero-order chi connectivity index (χ0) is 26.9. The largest absolute Gasteiger partial charge is 0.496 e. The van der Waals surface area contributed by atoms with Crippen molar-refractivity contribution in [3.8, 4) is 22.6 Å². The SMILES string of the molecule is COc1ccc(C(=O)N(Cc2ccccc2)Cc2ccccc2)cc1COc1ccc(-c2ccccc2)cc1. The smallest absolute Gasteiger partial charge is 0.254 e. The summed E-state index contributed by atoms with van der Waals surface area (Å²) < 4.78 is 11.7. The molecule has 4 nitrogen and oxygen atoms in total. The molecule has 0 saturated carbocycles. The summed E-state index contributed by atoms with van der Waals surface area (Å²) in [5, 5.41) is 0. The van der Waals surface area contributed by atoms with E-state index in [9.17, 15) is 4.79 Å². The van der Waals surface area contributed by atoms with Crippen LogP contribution in [-0.4, -0.2) is 17.9 Å². The van der Waals surface area contributed by atoms with Crippen LogP contribution >= 0.6 is 0 Å². The molecule has 0 N–H and O–H groups in total. The Hall–Kier alpha value is -4.83. The van der Waals surface area contributed by atoms with Crippen molar-refractivity contribution in [2.75, 3.05) is 7.11 Å². The maximum Gasteiger partial charge on any atom is 0.254 e. The average Bonchev–Trinajstić information content (AvgIpc) is 3.01. The fraction of sp³-hybridized carbons (Fsp3) is 0.114. The number of benzene rings is 5. The van der Waals surface area contributed by atoms with Crippen LogP contribution in [0.25, 0.3) is 11.1 Å². The van der Waals surface area contributed by atoms with Gasteiger partial charge in [-0.15, -0.1) is 0 Å². The molecule has 39 heavy (non-hydrogen) atoms. The number of carbonyl (C=O) groups excluding carboxylic acids is 1. The molecule has 0 heterocycles. The molecular formula is C35H31NO3. The third-order valence-electron chi connectivity index (χ3n) is 6.60. The number of amides is 1. The minimum atomic E-state index is -0.0428. The van der Waals surface area contributed by atoms with Gasteiger partial charge in [-0.3, -0.25) is 4.79 Å².